The van der Waals surface area contributed by atoms with E-state index in [1.165, 1.54) is 6.33 Å². The highest BCUT2D eigenvalue weighted by Gasteiger charge is 2.31. The highest BCUT2D eigenvalue weighted by atomic mass is 16.7. The van der Waals surface area contributed by atoms with Gasteiger partial charge in [-0.1, -0.05) is 0 Å². The maximum Gasteiger partial charge on any atom is 0.330 e. The van der Waals surface area contributed by atoms with Gasteiger partial charge in [-0.15, -0.1) is 5.06 Å². The summed E-state index contributed by atoms with van der Waals surface area (Å²) in [5, 5.41) is 5.81. The van der Waals surface area contributed by atoms with E-state index >= 15 is 0 Å². The Bertz CT molecular complexity index is 383. The van der Waals surface area contributed by atoms with Gasteiger partial charge >= 0.3 is 5.97 Å². The van der Waals surface area contributed by atoms with Crippen LogP contribution in [-0.4, -0.2) is 38.9 Å². The number of carbonyl (C=O) groups is 1. The number of aromatic nitrogens is 3. The molecule has 1 aliphatic heterocycles. The molecule has 0 amide bonds. The van der Waals surface area contributed by atoms with Crippen molar-refractivity contribution in [3.05, 3.63) is 12.7 Å². The second kappa shape index (κ2) is 4.44. The van der Waals surface area contributed by atoms with Crippen molar-refractivity contribution in [1.82, 2.24) is 19.8 Å². The van der Waals surface area contributed by atoms with Crippen molar-refractivity contribution in [2.24, 2.45) is 5.41 Å². The van der Waals surface area contributed by atoms with Gasteiger partial charge in [-0.3, -0.25) is 0 Å². The van der Waals surface area contributed by atoms with Crippen molar-refractivity contribution in [2.75, 3.05) is 13.1 Å². The second-order valence-corrected chi connectivity index (χ2v) is 5.33. The molecule has 1 saturated heterocycles. The smallest absolute Gasteiger partial charge is 0.330 e. The molecule has 1 atom stereocenters. The van der Waals surface area contributed by atoms with Crippen LogP contribution in [0.25, 0.3) is 0 Å². The summed E-state index contributed by atoms with van der Waals surface area (Å²) in [5.74, 6) is -0.197. The van der Waals surface area contributed by atoms with E-state index in [1.807, 2.05) is 25.5 Å². The van der Waals surface area contributed by atoms with Crippen LogP contribution in [0, 0.1) is 5.41 Å². The normalized spacial score (nSPS) is 21.7. The van der Waals surface area contributed by atoms with Crippen LogP contribution < -0.4 is 0 Å². The van der Waals surface area contributed by atoms with Gasteiger partial charge in [0.15, 0.2) is 0 Å². The molecule has 0 saturated carbocycles. The van der Waals surface area contributed by atoms with E-state index in [2.05, 4.69) is 10.1 Å². The van der Waals surface area contributed by atoms with Crippen LogP contribution in [0.4, 0.5) is 0 Å². The average Bonchev–Trinajstić information content (AvgIpc) is 2.83. The average molecular weight is 238 g/mol. The Morgan fingerprint density at radius 1 is 1.47 bits per heavy atom. The molecule has 6 nitrogen and oxygen atoms in total. The van der Waals surface area contributed by atoms with Gasteiger partial charge in [-0.25, -0.2) is 14.5 Å². The molecule has 0 N–H and O–H groups in total. The second-order valence-electron chi connectivity index (χ2n) is 5.33. The zero-order valence-corrected chi connectivity index (χ0v) is 10.5. The van der Waals surface area contributed by atoms with E-state index in [1.54, 1.807) is 11.4 Å². The van der Waals surface area contributed by atoms with Crippen LogP contribution in [0.2, 0.25) is 0 Å². The summed E-state index contributed by atoms with van der Waals surface area (Å²) in [6.45, 7) is 6.96. The van der Waals surface area contributed by atoms with Gasteiger partial charge in [-0.2, -0.15) is 5.10 Å². The minimum atomic E-state index is -0.467. The molecule has 1 fully saturated rings. The molecule has 0 aliphatic carbocycles. The molecule has 2 heterocycles. The van der Waals surface area contributed by atoms with Crippen molar-refractivity contribution in [1.29, 1.82) is 0 Å². The molecule has 0 unspecified atom stereocenters. The summed E-state index contributed by atoms with van der Waals surface area (Å²) < 4.78 is 1.81. The number of hydroxylamine groups is 2. The predicted octanol–water partition coefficient (Wildman–Crippen LogP) is 1.03. The Morgan fingerprint density at radius 3 is 2.82 bits per heavy atom. The molecule has 94 valence electrons. The first-order chi connectivity index (χ1) is 7.97. The lowest BCUT2D eigenvalue weighted by Crippen LogP contribution is -2.32. The lowest BCUT2D eigenvalue weighted by molar-refractivity contribution is -0.195. The zero-order valence-electron chi connectivity index (χ0n) is 10.5. The zero-order chi connectivity index (χ0) is 12.5. The Labute approximate surface area is 101 Å². The first-order valence-electron chi connectivity index (χ1n) is 5.78. The van der Waals surface area contributed by atoms with Crippen molar-refractivity contribution >= 4 is 5.97 Å². The van der Waals surface area contributed by atoms with Crippen LogP contribution in [0.1, 0.15) is 33.2 Å². The van der Waals surface area contributed by atoms with E-state index in [9.17, 15) is 4.79 Å². The summed E-state index contributed by atoms with van der Waals surface area (Å²) in [7, 11) is 0. The lowest BCUT2D eigenvalue weighted by atomic mass is 9.98. The fourth-order valence-corrected chi connectivity index (χ4v) is 1.67. The molecule has 0 aromatic carbocycles. The van der Waals surface area contributed by atoms with Gasteiger partial charge in [0.2, 0.25) is 0 Å². The highest BCUT2D eigenvalue weighted by molar-refractivity contribution is 5.75. The van der Waals surface area contributed by atoms with Crippen LogP contribution in [0.3, 0.4) is 0 Å². The number of hydrogen-bond acceptors (Lipinski definition) is 5. The minimum absolute atomic E-state index is 0.197. The molecule has 0 spiro atoms. The summed E-state index contributed by atoms with van der Waals surface area (Å²) in [5.41, 5.74) is -0.467. The molecule has 1 aromatic rings. The maximum absolute atomic E-state index is 11.7. The third-order valence-electron chi connectivity index (χ3n) is 2.76. The SMILES string of the molecule is CC(C)(C)C(=O)ON1CC[C@H](n2cncn2)C1. The Kier molecular flexibility index (Phi) is 3.15. The summed E-state index contributed by atoms with van der Waals surface area (Å²) in [6, 6.07) is 0.241. The molecule has 1 aromatic heterocycles. The van der Waals surface area contributed by atoms with Crippen LogP contribution in [0.5, 0.6) is 0 Å². The molecule has 0 radical (unpaired) electrons. The summed E-state index contributed by atoms with van der Waals surface area (Å²) >= 11 is 0. The fourth-order valence-electron chi connectivity index (χ4n) is 1.67. The van der Waals surface area contributed by atoms with E-state index in [0.717, 1.165) is 13.0 Å². The van der Waals surface area contributed by atoms with Crippen LogP contribution in [-0.2, 0) is 9.63 Å². The van der Waals surface area contributed by atoms with Gasteiger partial charge in [0.25, 0.3) is 0 Å². The maximum atomic E-state index is 11.7. The number of hydrogen-bond donors (Lipinski definition) is 0. The van der Waals surface area contributed by atoms with Gasteiger partial charge in [-0.05, 0) is 27.2 Å². The number of rotatable bonds is 2. The van der Waals surface area contributed by atoms with Gasteiger partial charge < -0.3 is 4.84 Å². The number of nitrogens with zero attached hydrogens (tertiary/aromatic N) is 4. The molecular weight excluding hydrogens is 220 g/mol. The first-order valence-corrected chi connectivity index (χ1v) is 5.78. The summed E-state index contributed by atoms with van der Waals surface area (Å²) in [4.78, 5) is 21.0. The quantitative estimate of drug-likeness (QED) is 0.770. The Morgan fingerprint density at radius 2 is 2.24 bits per heavy atom. The first kappa shape index (κ1) is 12.0. The van der Waals surface area contributed by atoms with Gasteiger partial charge in [0.05, 0.1) is 18.0 Å². The third kappa shape index (κ3) is 2.82. The van der Waals surface area contributed by atoms with Crippen molar-refractivity contribution in [3.8, 4) is 0 Å². The van der Waals surface area contributed by atoms with Crippen LogP contribution in [0.15, 0.2) is 12.7 Å². The molecule has 0 bridgehead atoms. The topological polar surface area (TPSA) is 60.2 Å². The predicted molar refractivity (Wildman–Crippen MR) is 60.8 cm³/mol. The summed E-state index contributed by atoms with van der Waals surface area (Å²) in [6.07, 6.45) is 4.13. The van der Waals surface area contributed by atoms with E-state index in [0.29, 0.717) is 6.54 Å². The van der Waals surface area contributed by atoms with Crippen molar-refractivity contribution in [2.45, 2.75) is 33.2 Å². The van der Waals surface area contributed by atoms with E-state index < -0.39 is 5.41 Å². The Balaban J connectivity index is 1.89. The van der Waals surface area contributed by atoms with E-state index in [-0.39, 0.29) is 12.0 Å². The van der Waals surface area contributed by atoms with Crippen molar-refractivity contribution in [3.63, 3.8) is 0 Å². The minimum Gasteiger partial charge on any atom is -0.367 e. The third-order valence-corrected chi connectivity index (χ3v) is 2.76. The van der Waals surface area contributed by atoms with Crippen molar-refractivity contribution < 1.29 is 9.63 Å². The fraction of sp³-hybridized carbons (Fsp3) is 0.727. The largest absolute Gasteiger partial charge is 0.367 e. The lowest BCUT2D eigenvalue weighted by Gasteiger charge is -2.21. The monoisotopic (exact) mass is 238 g/mol. The van der Waals surface area contributed by atoms with Gasteiger partial charge in [0, 0.05) is 6.54 Å². The Hall–Kier alpha value is -1.43. The van der Waals surface area contributed by atoms with Gasteiger partial charge in [0.1, 0.15) is 12.7 Å². The molecule has 17 heavy (non-hydrogen) atoms. The molecule has 2 rings (SSSR count). The standard InChI is InChI=1S/C11H18N4O2/c1-11(2,3)10(16)17-14-5-4-9(6-14)15-8-12-7-13-15/h7-9H,4-6H2,1-3H3/t9-/m0/s1. The number of carbonyl (C=O) groups excluding carboxylic acids is 1. The molecular formula is C11H18N4O2. The van der Waals surface area contributed by atoms with E-state index in [4.69, 9.17) is 4.84 Å². The van der Waals surface area contributed by atoms with Crippen LogP contribution >= 0.6 is 0 Å². The molecule has 6 heteroatoms. The molecule has 1 aliphatic rings. The highest BCUT2D eigenvalue weighted by Crippen LogP contribution is 2.23.